The normalized spacial score (nSPS) is 12.2. The van der Waals surface area contributed by atoms with E-state index in [1.807, 2.05) is 68.5 Å². The third-order valence-corrected chi connectivity index (χ3v) is 7.41. The highest BCUT2D eigenvalue weighted by Crippen LogP contribution is 2.31. The van der Waals surface area contributed by atoms with Gasteiger partial charge >= 0.3 is 0 Å². The smallest absolute Gasteiger partial charge is 0.262 e. The van der Waals surface area contributed by atoms with Crippen LogP contribution in [-0.4, -0.2) is 41.3 Å². The molecule has 6 heteroatoms. The molecule has 0 atom stereocenters. The van der Waals surface area contributed by atoms with Crippen molar-refractivity contribution in [1.29, 1.82) is 5.26 Å². The molecule has 1 heterocycles. The number of allylic oxidation sites excluding steroid dienone is 1. The number of hydrogen-bond acceptors (Lipinski definition) is 4. The number of amides is 1. The van der Waals surface area contributed by atoms with Crippen LogP contribution in [0.5, 0.6) is 0 Å². The Balaban J connectivity index is 0.00000316. The number of carbonyl (C=O) groups is 1. The minimum atomic E-state index is -0.515. The van der Waals surface area contributed by atoms with Crippen LogP contribution < -0.4 is 10.2 Å². The van der Waals surface area contributed by atoms with Gasteiger partial charge in [0.1, 0.15) is 11.6 Å². The van der Waals surface area contributed by atoms with Crippen molar-refractivity contribution in [1.82, 2.24) is 9.88 Å². The van der Waals surface area contributed by atoms with Crippen LogP contribution in [0, 0.1) is 11.3 Å². The standard InChI is InChI=1S/C35H48N4O2.C2H6/c1-10-19-39(20-11-2)29-15-14-26-22-28(13-12-27(26)23-29)32-17-16-31(38(32)9)25(3)30(24-36)33(40)37-35(7,8)18-21-41-34(4,5)6;1-2/h12-17,22-23H,10-11,18-21H2,1-9H3,(H,37,40);1-2H3/b30-25+;. The highest BCUT2D eigenvalue weighted by Gasteiger charge is 2.25. The number of fused-ring (bicyclic) bond motifs is 1. The molecule has 0 radical (unpaired) electrons. The summed E-state index contributed by atoms with van der Waals surface area (Å²) >= 11 is 0. The van der Waals surface area contributed by atoms with Gasteiger partial charge in [0.05, 0.1) is 5.60 Å². The first kappa shape index (κ1) is 35.6. The summed E-state index contributed by atoms with van der Waals surface area (Å²) < 4.78 is 7.90. The second-order valence-corrected chi connectivity index (χ2v) is 12.6. The average Bonchev–Trinajstić information content (AvgIpc) is 3.33. The summed E-state index contributed by atoms with van der Waals surface area (Å²) in [7, 11) is 1.98. The molecule has 0 fully saturated rings. The minimum absolute atomic E-state index is 0.123. The van der Waals surface area contributed by atoms with Crippen molar-refractivity contribution in [3.8, 4) is 17.3 Å². The lowest BCUT2D eigenvalue weighted by atomic mass is 9.99. The Kier molecular flexibility index (Phi) is 13.1. The molecule has 1 aromatic heterocycles. The van der Waals surface area contributed by atoms with Crippen LogP contribution in [-0.2, 0) is 16.6 Å². The number of carbonyl (C=O) groups excluding carboxylic acids is 1. The molecule has 3 rings (SSSR count). The molecule has 0 unspecified atom stereocenters. The summed E-state index contributed by atoms with van der Waals surface area (Å²) in [5.41, 5.74) is 4.25. The lowest BCUT2D eigenvalue weighted by Crippen LogP contribution is -2.45. The first-order chi connectivity index (χ1) is 20.3. The maximum atomic E-state index is 13.2. The number of benzene rings is 2. The Morgan fingerprint density at radius 2 is 1.56 bits per heavy atom. The van der Waals surface area contributed by atoms with E-state index in [0.717, 1.165) is 42.9 Å². The molecule has 2 aromatic carbocycles. The van der Waals surface area contributed by atoms with Gasteiger partial charge in [0.15, 0.2) is 0 Å². The molecule has 0 spiro atoms. The highest BCUT2D eigenvalue weighted by molar-refractivity contribution is 6.04. The molecule has 0 aliphatic heterocycles. The van der Waals surface area contributed by atoms with Gasteiger partial charge in [-0.1, -0.05) is 45.9 Å². The monoisotopic (exact) mass is 586 g/mol. The largest absolute Gasteiger partial charge is 0.376 e. The fourth-order valence-electron chi connectivity index (χ4n) is 5.15. The van der Waals surface area contributed by atoms with Crippen molar-refractivity contribution in [3.05, 3.63) is 59.8 Å². The lowest BCUT2D eigenvalue weighted by Gasteiger charge is -2.28. The topological polar surface area (TPSA) is 70.3 Å². The number of hydrogen-bond donors (Lipinski definition) is 1. The summed E-state index contributed by atoms with van der Waals surface area (Å²) in [5, 5.41) is 15.4. The quantitative estimate of drug-likeness (QED) is 0.170. The molecular formula is C37H54N4O2. The number of ether oxygens (including phenoxy) is 1. The maximum Gasteiger partial charge on any atom is 0.262 e. The lowest BCUT2D eigenvalue weighted by molar-refractivity contribution is -0.118. The SMILES string of the molecule is CC.CCCN(CCC)c1ccc2cc(-c3ccc(/C(C)=C(\C#N)C(=O)NC(C)(C)CCOC(C)(C)C)n3C)ccc2c1. The van der Waals surface area contributed by atoms with E-state index in [1.165, 1.54) is 16.5 Å². The van der Waals surface area contributed by atoms with Crippen molar-refractivity contribution in [2.24, 2.45) is 7.05 Å². The van der Waals surface area contributed by atoms with E-state index in [0.29, 0.717) is 18.6 Å². The zero-order chi connectivity index (χ0) is 32.4. The van der Waals surface area contributed by atoms with Crippen LogP contribution in [0.15, 0.2) is 54.1 Å². The summed E-state index contributed by atoms with van der Waals surface area (Å²) in [6, 6.07) is 19.4. The third-order valence-electron chi connectivity index (χ3n) is 7.41. The van der Waals surface area contributed by atoms with Gasteiger partial charge in [-0.15, -0.1) is 0 Å². The number of anilines is 1. The molecule has 0 aliphatic carbocycles. The Morgan fingerprint density at radius 1 is 0.953 bits per heavy atom. The Bertz CT molecular complexity index is 1430. The van der Waals surface area contributed by atoms with Gasteiger partial charge in [0.25, 0.3) is 5.91 Å². The van der Waals surface area contributed by atoms with Crippen molar-refractivity contribution < 1.29 is 9.53 Å². The fourth-order valence-corrected chi connectivity index (χ4v) is 5.15. The summed E-state index contributed by atoms with van der Waals surface area (Å²) in [6.07, 6.45) is 2.89. The maximum absolute atomic E-state index is 13.2. The minimum Gasteiger partial charge on any atom is -0.376 e. The average molecular weight is 587 g/mol. The highest BCUT2D eigenvalue weighted by atomic mass is 16.5. The van der Waals surface area contributed by atoms with Crippen LogP contribution in [0.25, 0.3) is 27.6 Å². The molecule has 3 aromatic rings. The van der Waals surface area contributed by atoms with Crippen LogP contribution in [0.1, 0.15) is 94.2 Å². The molecule has 0 bridgehead atoms. The molecule has 6 nitrogen and oxygen atoms in total. The van der Waals surface area contributed by atoms with E-state index in [2.05, 4.69) is 77.2 Å². The molecule has 0 aliphatic rings. The zero-order valence-corrected chi connectivity index (χ0v) is 28.5. The van der Waals surface area contributed by atoms with Crippen LogP contribution in [0.3, 0.4) is 0 Å². The summed E-state index contributed by atoms with van der Waals surface area (Å²) in [6.45, 7) is 22.9. The molecule has 1 N–H and O–H groups in total. The van der Waals surface area contributed by atoms with Crippen LogP contribution >= 0.6 is 0 Å². The van der Waals surface area contributed by atoms with Crippen molar-refractivity contribution in [3.63, 3.8) is 0 Å². The Morgan fingerprint density at radius 3 is 2.14 bits per heavy atom. The van der Waals surface area contributed by atoms with Crippen molar-refractivity contribution in [2.45, 2.75) is 99.6 Å². The van der Waals surface area contributed by atoms with Gasteiger partial charge in [-0.25, -0.2) is 0 Å². The molecule has 0 saturated carbocycles. The third kappa shape index (κ3) is 9.73. The number of aromatic nitrogens is 1. The fraction of sp³-hybridized carbons (Fsp3) is 0.514. The van der Waals surface area contributed by atoms with Crippen molar-refractivity contribution in [2.75, 3.05) is 24.6 Å². The Labute approximate surface area is 260 Å². The predicted octanol–water partition coefficient (Wildman–Crippen LogP) is 8.89. The summed E-state index contributed by atoms with van der Waals surface area (Å²) in [5.74, 6) is -0.366. The first-order valence-electron chi connectivity index (χ1n) is 15.8. The zero-order valence-electron chi connectivity index (χ0n) is 28.5. The number of nitrogens with zero attached hydrogens (tertiary/aromatic N) is 3. The van der Waals surface area contributed by atoms with E-state index < -0.39 is 5.54 Å². The molecule has 0 saturated heterocycles. The van der Waals surface area contributed by atoms with Crippen LogP contribution in [0.2, 0.25) is 0 Å². The van der Waals surface area contributed by atoms with E-state index in [4.69, 9.17) is 4.74 Å². The number of rotatable bonds is 12. The second-order valence-electron chi connectivity index (χ2n) is 12.6. The Hall–Kier alpha value is -3.56. The van der Waals surface area contributed by atoms with E-state index in [1.54, 1.807) is 0 Å². The van der Waals surface area contributed by atoms with Gasteiger partial charge in [0.2, 0.25) is 0 Å². The summed E-state index contributed by atoms with van der Waals surface area (Å²) in [4.78, 5) is 15.7. The molecule has 234 valence electrons. The molecular weight excluding hydrogens is 532 g/mol. The first-order valence-corrected chi connectivity index (χ1v) is 15.8. The van der Waals surface area contributed by atoms with Gasteiger partial charge in [-0.05, 0) is 113 Å². The predicted molar refractivity (Wildman–Crippen MR) is 183 cm³/mol. The van der Waals surface area contributed by atoms with Crippen molar-refractivity contribution >= 4 is 27.9 Å². The van der Waals surface area contributed by atoms with Gasteiger partial charge in [-0.3, -0.25) is 4.79 Å². The number of nitrogens with one attached hydrogen (secondary N) is 1. The molecule has 1 amide bonds. The van der Waals surface area contributed by atoms with Gasteiger partial charge in [0, 0.05) is 49.4 Å². The van der Waals surface area contributed by atoms with Gasteiger partial charge < -0.3 is 19.5 Å². The van der Waals surface area contributed by atoms with Crippen LogP contribution in [0.4, 0.5) is 5.69 Å². The second kappa shape index (κ2) is 15.8. The van der Waals surface area contributed by atoms with E-state index >= 15 is 0 Å². The number of nitriles is 1. The van der Waals surface area contributed by atoms with E-state index in [-0.39, 0.29) is 17.1 Å². The van der Waals surface area contributed by atoms with Gasteiger partial charge in [-0.2, -0.15) is 5.26 Å². The van der Waals surface area contributed by atoms with E-state index in [9.17, 15) is 10.1 Å². The molecule has 43 heavy (non-hydrogen) atoms.